The molecule has 2 aromatic carbocycles. The van der Waals surface area contributed by atoms with Gasteiger partial charge in [0.05, 0.1) is 11.4 Å². The second kappa shape index (κ2) is 11.3. The first-order valence-corrected chi connectivity index (χ1v) is 11.8. The fourth-order valence-electron chi connectivity index (χ4n) is 3.71. The summed E-state index contributed by atoms with van der Waals surface area (Å²) in [5.74, 6) is 0. The fraction of sp³-hybridized carbons (Fsp3) is 0.516. The van der Waals surface area contributed by atoms with Gasteiger partial charge in [-0.3, -0.25) is 9.98 Å². The van der Waals surface area contributed by atoms with Crippen LogP contribution in [0.1, 0.15) is 105 Å². The van der Waals surface area contributed by atoms with Crippen molar-refractivity contribution in [2.75, 3.05) is 0 Å². The molecule has 0 heterocycles. The van der Waals surface area contributed by atoms with Gasteiger partial charge in [-0.25, -0.2) is 0 Å². The molecule has 0 aliphatic rings. The van der Waals surface area contributed by atoms with E-state index in [1.807, 2.05) is 12.4 Å². The predicted octanol–water partition coefficient (Wildman–Crippen LogP) is 9.43. The Hall–Kier alpha value is -1.73. The molecule has 190 valence electrons. The van der Waals surface area contributed by atoms with Gasteiger partial charge in [-0.05, 0) is 56.0 Å². The summed E-state index contributed by atoms with van der Waals surface area (Å²) >= 11 is 0. The third-order valence-corrected chi connectivity index (χ3v) is 5.84. The van der Waals surface area contributed by atoms with Crippen molar-refractivity contribution in [3.05, 3.63) is 66.1 Å². The van der Waals surface area contributed by atoms with Gasteiger partial charge in [0.2, 0.25) is 0 Å². The molecule has 0 aliphatic heterocycles. The van der Waals surface area contributed by atoms with Crippen LogP contribution in [0.15, 0.2) is 46.4 Å². The van der Waals surface area contributed by atoms with Gasteiger partial charge in [0, 0.05) is 12.4 Å². The number of hydrogen-bond acceptors (Lipinski definition) is 2. The summed E-state index contributed by atoms with van der Waals surface area (Å²) in [5, 5.41) is 0. The third-order valence-electron chi connectivity index (χ3n) is 5.84. The van der Waals surface area contributed by atoms with E-state index >= 15 is 0 Å². The Balaban J connectivity index is 0.00000544. The molecule has 2 nitrogen and oxygen atoms in total. The van der Waals surface area contributed by atoms with Gasteiger partial charge in [-0.1, -0.05) is 107 Å². The zero-order chi connectivity index (χ0) is 24.5. The minimum Gasteiger partial charge on any atom is -0.358 e. The molecule has 0 amide bonds. The summed E-state index contributed by atoms with van der Waals surface area (Å²) in [6, 6.07) is 13.4. The molecule has 0 aliphatic carbocycles. The molecule has 0 fully saturated rings. The topological polar surface area (TPSA) is 24.7 Å². The number of rotatable bonds is 3. The summed E-state index contributed by atoms with van der Waals surface area (Å²) in [6.45, 7) is 26.9. The van der Waals surface area contributed by atoms with Crippen LogP contribution in [0.2, 0.25) is 0 Å². The Bertz CT molecular complexity index is 918. The van der Waals surface area contributed by atoms with Gasteiger partial charge >= 0.3 is 16.5 Å². The van der Waals surface area contributed by atoms with Gasteiger partial charge in [0.25, 0.3) is 0 Å². The van der Waals surface area contributed by atoms with Crippen molar-refractivity contribution in [1.82, 2.24) is 0 Å². The van der Waals surface area contributed by atoms with Crippen LogP contribution in [0.25, 0.3) is 0 Å². The van der Waals surface area contributed by atoms with E-state index in [9.17, 15) is 0 Å². The van der Waals surface area contributed by atoms with Gasteiger partial charge in [-0.15, -0.1) is 0 Å². The molecule has 0 unspecified atom stereocenters. The van der Waals surface area contributed by atoms with E-state index in [0.29, 0.717) is 0 Å². The molecule has 0 N–H and O–H groups in total. The normalized spacial score (nSPS) is 13.2. The van der Waals surface area contributed by atoms with Crippen LogP contribution in [0.3, 0.4) is 0 Å². The molecule has 0 saturated carbocycles. The van der Waals surface area contributed by atoms with Crippen LogP contribution in [0, 0.1) is 7.43 Å². The number of hydrogen-bond donors (Lipinski definition) is 0. The van der Waals surface area contributed by atoms with Crippen LogP contribution in [-0.2, 0) is 38.2 Å². The molecule has 0 saturated heterocycles. The molecule has 0 bridgehead atoms. The maximum Gasteiger partial charge on any atom is 2.00 e. The van der Waals surface area contributed by atoms with Crippen LogP contribution in [0.4, 0.5) is 11.4 Å². The van der Waals surface area contributed by atoms with E-state index in [1.54, 1.807) is 0 Å². The zero-order valence-corrected chi connectivity index (χ0v) is 24.8. The summed E-state index contributed by atoms with van der Waals surface area (Å²) in [7, 11) is 0. The van der Waals surface area contributed by atoms with Crippen molar-refractivity contribution in [1.29, 1.82) is 0 Å². The van der Waals surface area contributed by atoms with E-state index in [4.69, 9.17) is 9.98 Å². The zero-order valence-electron chi connectivity index (χ0n) is 23.8. The van der Waals surface area contributed by atoms with Crippen LogP contribution in [0.5, 0.6) is 0 Å². The summed E-state index contributed by atoms with van der Waals surface area (Å²) in [4.78, 5) is 9.70. The standard InChI is InChI=1S/C30H44N2.CH3.Ni/c1-27(2,3)21-13-15-23(29(7,8)9)25(19-21)31-17-18-32-26-20-22(28(4,5)6)14-16-24(26)30(10,11)12;;/h13-20H,1-12H3;1H3;/q;-1;+2. The molecule has 0 aromatic heterocycles. The largest absolute Gasteiger partial charge is 2.00 e. The first kappa shape index (κ1) is 32.3. The quantitative estimate of drug-likeness (QED) is 0.225. The Kier molecular flexibility index (Phi) is 10.8. The van der Waals surface area contributed by atoms with E-state index in [-0.39, 0.29) is 45.6 Å². The Morgan fingerprint density at radius 1 is 0.500 bits per heavy atom. The molecule has 3 heteroatoms. The van der Waals surface area contributed by atoms with E-state index < -0.39 is 0 Å². The predicted molar refractivity (Wildman–Crippen MR) is 150 cm³/mol. The van der Waals surface area contributed by atoms with Crippen molar-refractivity contribution in [3.8, 4) is 0 Å². The van der Waals surface area contributed by atoms with Gasteiger partial charge in [-0.2, -0.15) is 0 Å². The summed E-state index contributed by atoms with van der Waals surface area (Å²) < 4.78 is 0. The SMILES string of the molecule is CC(C)(C)c1ccc(C(C)(C)C)c(N=CC=Nc2cc(C(C)(C)C)ccc2C(C)(C)C)c1.[CH3-].[Ni+2]. The maximum atomic E-state index is 4.85. The van der Waals surface area contributed by atoms with Gasteiger partial charge < -0.3 is 7.43 Å². The second-order valence-corrected chi connectivity index (χ2v) is 13.0. The fourth-order valence-corrected chi connectivity index (χ4v) is 3.71. The van der Waals surface area contributed by atoms with E-state index in [0.717, 1.165) is 11.4 Å². The Morgan fingerprint density at radius 2 is 0.794 bits per heavy atom. The van der Waals surface area contributed by atoms with E-state index in [1.165, 1.54) is 22.3 Å². The average molecular weight is 506 g/mol. The van der Waals surface area contributed by atoms with Gasteiger partial charge in [0.15, 0.2) is 0 Å². The van der Waals surface area contributed by atoms with Crippen LogP contribution >= 0.6 is 0 Å². The average Bonchev–Trinajstić information content (AvgIpc) is 2.61. The molecule has 34 heavy (non-hydrogen) atoms. The molecule has 0 radical (unpaired) electrons. The van der Waals surface area contributed by atoms with Crippen molar-refractivity contribution < 1.29 is 16.5 Å². The van der Waals surface area contributed by atoms with Crippen molar-refractivity contribution in [2.24, 2.45) is 9.98 Å². The van der Waals surface area contributed by atoms with Crippen LogP contribution in [-0.4, -0.2) is 12.4 Å². The minimum atomic E-state index is 0. The first-order valence-electron chi connectivity index (χ1n) is 11.8. The third kappa shape index (κ3) is 8.49. The minimum absolute atomic E-state index is 0. The Labute approximate surface area is 220 Å². The van der Waals surface area contributed by atoms with Crippen molar-refractivity contribution in [2.45, 2.75) is 105 Å². The van der Waals surface area contributed by atoms with Crippen LogP contribution < -0.4 is 0 Å². The Morgan fingerprint density at radius 3 is 1.03 bits per heavy atom. The summed E-state index contributed by atoms with van der Waals surface area (Å²) in [6.07, 6.45) is 3.68. The number of nitrogens with zero attached hydrogens (tertiary/aromatic N) is 2. The number of aliphatic imine (C=N–C) groups is 2. The molecule has 2 aromatic rings. The van der Waals surface area contributed by atoms with Gasteiger partial charge in [0.1, 0.15) is 0 Å². The summed E-state index contributed by atoms with van der Waals surface area (Å²) in [5.41, 5.74) is 7.37. The smallest absolute Gasteiger partial charge is 0.358 e. The first-order chi connectivity index (χ1) is 14.4. The molecule has 0 spiro atoms. The van der Waals surface area contributed by atoms with Crippen molar-refractivity contribution >= 4 is 23.8 Å². The van der Waals surface area contributed by atoms with Crippen molar-refractivity contribution in [3.63, 3.8) is 0 Å². The second-order valence-electron chi connectivity index (χ2n) is 13.0. The molecule has 2 rings (SSSR count). The maximum absolute atomic E-state index is 4.85. The monoisotopic (exact) mass is 505 g/mol. The molecular weight excluding hydrogens is 459 g/mol. The van der Waals surface area contributed by atoms with E-state index in [2.05, 4.69) is 119 Å². The molecule has 0 atom stereocenters. The number of benzene rings is 2. The molecular formula is C31H47N2Ni+.